The Labute approximate surface area is 186 Å². The van der Waals surface area contributed by atoms with Gasteiger partial charge in [-0.25, -0.2) is 4.98 Å². The number of nitrogens with zero attached hydrogens (tertiary/aromatic N) is 3. The van der Waals surface area contributed by atoms with E-state index in [2.05, 4.69) is 50.2 Å². The van der Waals surface area contributed by atoms with Crippen LogP contribution in [0.25, 0.3) is 38.8 Å². The third kappa shape index (κ3) is 3.92. The molecular formula is C25H28N6O. The van der Waals surface area contributed by atoms with Crippen LogP contribution in [0.15, 0.2) is 54.5 Å². The molecule has 3 aromatic heterocycles. The number of H-pyrrole nitrogens is 1. The normalized spacial score (nSPS) is 15.9. The van der Waals surface area contributed by atoms with Gasteiger partial charge in [0, 0.05) is 29.1 Å². The van der Waals surface area contributed by atoms with Crippen LogP contribution in [0.5, 0.6) is 0 Å². The van der Waals surface area contributed by atoms with Crippen molar-refractivity contribution in [3.8, 4) is 11.1 Å². The second-order valence-corrected chi connectivity index (χ2v) is 8.49. The molecule has 1 aliphatic rings. The Bertz CT molecular complexity index is 1290. The van der Waals surface area contributed by atoms with Crippen molar-refractivity contribution in [1.29, 1.82) is 0 Å². The van der Waals surface area contributed by atoms with E-state index in [4.69, 9.17) is 11.5 Å². The fourth-order valence-corrected chi connectivity index (χ4v) is 4.41. The zero-order valence-electron chi connectivity index (χ0n) is 18.0. The summed E-state index contributed by atoms with van der Waals surface area (Å²) in [5.74, 6) is 0. The quantitative estimate of drug-likeness (QED) is 0.387. The van der Waals surface area contributed by atoms with Crippen LogP contribution in [0.3, 0.4) is 0 Å². The lowest BCUT2D eigenvalue weighted by Crippen LogP contribution is -2.28. The van der Waals surface area contributed by atoms with Gasteiger partial charge < -0.3 is 21.6 Å². The first kappa shape index (κ1) is 20.5. The van der Waals surface area contributed by atoms with Crippen LogP contribution < -0.4 is 11.5 Å². The topological polar surface area (TPSA) is 117 Å². The highest BCUT2D eigenvalue weighted by molar-refractivity contribution is 6.07. The molecule has 1 fully saturated rings. The first-order valence-corrected chi connectivity index (χ1v) is 11.1. The largest absolute Gasteiger partial charge is 0.398 e. The van der Waals surface area contributed by atoms with Crippen LogP contribution in [-0.4, -0.2) is 44.7 Å². The molecule has 0 atom stereocenters. The van der Waals surface area contributed by atoms with Crippen molar-refractivity contribution in [3.63, 3.8) is 0 Å². The van der Waals surface area contributed by atoms with E-state index in [1.54, 1.807) is 6.20 Å². The van der Waals surface area contributed by atoms with Crippen LogP contribution in [-0.2, 0) is 6.54 Å². The van der Waals surface area contributed by atoms with E-state index in [1.807, 2.05) is 12.3 Å². The lowest BCUT2D eigenvalue weighted by Gasteiger charge is -2.26. The standard InChI is InChI=1S/C25H28N6O/c26-21(15-32)24(27)22-11-19-20-10-18(12-29-25(20)30-23(19)13-28-22)17-6-4-16(5-7-17)14-31-8-2-1-3-9-31/h4-7,10-13,32H,1-3,8-9,14-15,26-27H2,(H,29,30)/b24-21-. The van der Waals surface area contributed by atoms with Crippen LogP contribution in [0.4, 0.5) is 0 Å². The van der Waals surface area contributed by atoms with Gasteiger partial charge in [0.05, 0.1) is 35.4 Å². The Morgan fingerprint density at radius 1 is 0.938 bits per heavy atom. The Morgan fingerprint density at radius 2 is 1.72 bits per heavy atom. The second kappa shape index (κ2) is 8.61. The van der Waals surface area contributed by atoms with Gasteiger partial charge in [-0.2, -0.15) is 0 Å². The fraction of sp³-hybridized carbons (Fsp3) is 0.280. The number of aliphatic hydroxyl groups is 1. The molecule has 0 aliphatic carbocycles. The third-order valence-electron chi connectivity index (χ3n) is 6.27. The lowest BCUT2D eigenvalue weighted by atomic mass is 10.0. The summed E-state index contributed by atoms with van der Waals surface area (Å²) in [4.78, 5) is 14.8. The molecule has 0 amide bonds. The predicted octanol–water partition coefficient (Wildman–Crippen LogP) is 3.34. The van der Waals surface area contributed by atoms with Crippen molar-refractivity contribution < 1.29 is 5.11 Å². The number of rotatable bonds is 5. The molecule has 164 valence electrons. The molecule has 7 heteroatoms. The minimum atomic E-state index is -0.307. The lowest BCUT2D eigenvalue weighted by molar-refractivity contribution is 0.221. The SMILES string of the molecule is N/C(CO)=C(\N)c1cc2c(cn1)[nH]c1ncc(-c3ccc(CN4CCCCC4)cc3)cc12. The summed E-state index contributed by atoms with van der Waals surface area (Å²) in [6.45, 7) is 3.10. The van der Waals surface area contributed by atoms with Crippen LogP contribution >= 0.6 is 0 Å². The maximum atomic E-state index is 9.28. The monoisotopic (exact) mass is 428 g/mol. The Balaban J connectivity index is 1.47. The van der Waals surface area contributed by atoms with Crippen molar-refractivity contribution in [2.45, 2.75) is 25.8 Å². The van der Waals surface area contributed by atoms with E-state index in [0.717, 1.165) is 39.6 Å². The number of pyridine rings is 2. The number of hydrogen-bond acceptors (Lipinski definition) is 6. The van der Waals surface area contributed by atoms with Crippen LogP contribution in [0, 0.1) is 0 Å². The molecule has 0 radical (unpaired) electrons. The first-order chi connectivity index (χ1) is 15.6. The van der Waals surface area contributed by atoms with Gasteiger partial charge in [0.2, 0.25) is 0 Å². The second-order valence-electron chi connectivity index (χ2n) is 8.49. The summed E-state index contributed by atoms with van der Waals surface area (Å²) >= 11 is 0. The van der Waals surface area contributed by atoms with E-state index in [1.165, 1.54) is 37.9 Å². The minimum absolute atomic E-state index is 0.208. The molecule has 1 aromatic carbocycles. The van der Waals surface area contributed by atoms with E-state index < -0.39 is 0 Å². The Morgan fingerprint density at radius 3 is 2.47 bits per heavy atom. The zero-order chi connectivity index (χ0) is 22.1. The average molecular weight is 429 g/mol. The number of benzene rings is 1. The van der Waals surface area contributed by atoms with Gasteiger partial charge in [0.25, 0.3) is 0 Å². The number of aromatic amines is 1. The highest BCUT2D eigenvalue weighted by Crippen LogP contribution is 2.30. The Hall–Kier alpha value is -3.42. The summed E-state index contributed by atoms with van der Waals surface area (Å²) < 4.78 is 0. The van der Waals surface area contributed by atoms with Crippen LogP contribution in [0.1, 0.15) is 30.5 Å². The summed E-state index contributed by atoms with van der Waals surface area (Å²) in [5, 5.41) is 11.2. The molecule has 7 nitrogen and oxygen atoms in total. The third-order valence-corrected chi connectivity index (χ3v) is 6.27. The molecule has 4 aromatic rings. The number of hydrogen-bond donors (Lipinski definition) is 4. The van der Waals surface area contributed by atoms with E-state index >= 15 is 0 Å². The molecule has 6 N–H and O–H groups in total. The molecule has 32 heavy (non-hydrogen) atoms. The van der Waals surface area contributed by atoms with Crippen molar-refractivity contribution in [2.75, 3.05) is 19.7 Å². The number of aromatic nitrogens is 3. The fourth-order valence-electron chi connectivity index (χ4n) is 4.41. The van der Waals surface area contributed by atoms with E-state index in [9.17, 15) is 5.11 Å². The van der Waals surface area contributed by atoms with Gasteiger partial charge in [0.15, 0.2) is 0 Å². The zero-order valence-corrected chi connectivity index (χ0v) is 18.0. The highest BCUT2D eigenvalue weighted by atomic mass is 16.3. The first-order valence-electron chi connectivity index (χ1n) is 11.1. The molecule has 0 bridgehead atoms. The van der Waals surface area contributed by atoms with Gasteiger partial charge in [-0.05, 0) is 49.2 Å². The molecule has 4 heterocycles. The molecule has 0 unspecified atom stereocenters. The van der Waals surface area contributed by atoms with Gasteiger partial charge >= 0.3 is 0 Å². The van der Waals surface area contributed by atoms with Gasteiger partial charge in [-0.15, -0.1) is 0 Å². The molecule has 0 spiro atoms. The van der Waals surface area contributed by atoms with Crippen LogP contribution in [0.2, 0.25) is 0 Å². The molecule has 0 saturated carbocycles. The maximum absolute atomic E-state index is 9.28. The van der Waals surface area contributed by atoms with Crippen molar-refractivity contribution in [1.82, 2.24) is 19.9 Å². The number of piperidine rings is 1. The number of fused-ring (bicyclic) bond motifs is 3. The van der Waals surface area contributed by atoms with Crippen molar-refractivity contribution in [2.24, 2.45) is 11.5 Å². The van der Waals surface area contributed by atoms with Gasteiger partial charge in [-0.3, -0.25) is 9.88 Å². The molecular weight excluding hydrogens is 400 g/mol. The van der Waals surface area contributed by atoms with E-state index in [-0.39, 0.29) is 18.0 Å². The summed E-state index contributed by atoms with van der Waals surface area (Å²) in [6.07, 6.45) is 7.58. The van der Waals surface area contributed by atoms with Crippen molar-refractivity contribution in [3.05, 3.63) is 65.7 Å². The Kier molecular flexibility index (Phi) is 5.51. The number of nitrogens with one attached hydrogen (secondary N) is 1. The average Bonchev–Trinajstić information content (AvgIpc) is 3.21. The summed E-state index contributed by atoms with van der Waals surface area (Å²) in [6, 6.07) is 12.8. The minimum Gasteiger partial charge on any atom is -0.398 e. The highest BCUT2D eigenvalue weighted by Gasteiger charge is 2.13. The number of nitrogens with two attached hydrogens (primary N) is 2. The molecule has 5 rings (SSSR count). The van der Waals surface area contributed by atoms with Gasteiger partial charge in [0.1, 0.15) is 5.65 Å². The number of aliphatic hydroxyl groups excluding tert-OH is 1. The maximum Gasteiger partial charge on any atom is 0.138 e. The van der Waals surface area contributed by atoms with Gasteiger partial charge in [-0.1, -0.05) is 30.7 Å². The predicted molar refractivity (Wildman–Crippen MR) is 128 cm³/mol. The molecule has 1 saturated heterocycles. The molecule has 1 aliphatic heterocycles. The smallest absolute Gasteiger partial charge is 0.138 e. The van der Waals surface area contributed by atoms with Crippen molar-refractivity contribution >= 4 is 27.6 Å². The van der Waals surface area contributed by atoms with E-state index in [0.29, 0.717) is 5.69 Å². The summed E-state index contributed by atoms with van der Waals surface area (Å²) in [5.41, 5.74) is 18.1. The number of likely N-dealkylation sites (tertiary alicyclic amines) is 1. The summed E-state index contributed by atoms with van der Waals surface area (Å²) in [7, 11) is 0.